The maximum atomic E-state index is 12.2. The second-order valence-corrected chi connectivity index (χ2v) is 16.1. The summed E-state index contributed by atoms with van der Waals surface area (Å²) in [6.45, 7) is 6.80. The molecule has 0 bridgehead atoms. The Morgan fingerprint density at radius 1 is 0.609 bits per heavy atom. The van der Waals surface area contributed by atoms with Gasteiger partial charge in [0.2, 0.25) is 0 Å². The van der Waals surface area contributed by atoms with E-state index < -0.39 is 0 Å². The van der Waals surface area contributed by atoms with E-state index in [1.54, 1.807) is 22.7 Å². The highest BCUT2D eigenvalue weighted by Gasteiger charge is 2.28. The lowest BCUT2D eigenvalue weighted by Gasteiger charge is -2.23. The molecular formula is C40H28N2OS3. The molecule has 46 heavy (non-hydrogen) atoms. The molecule has 0 aliphatic heterocycles. The highest BCUT2D eigenvalue weighted by Crippen LogP contribution is 2.53. The largest absolute Gasteiger partial charge is 0.506 e. The first-order valence-electron chi connectivity index (χ1n) is 15.3. The number of phenolic OH excluding ortho intramolecular Hbond substituents is 1. The van der Waals surface area contributed by atoms with Gasteiger partial charge in [-0.1, -0.05) is 81.4 Å². The molecule has 0 saturated carbocycles. The summed E-state index contributed by atoms with van der Waals surface area (Å²) in [5.74, 6) is 0.311. The molecule has 222 valence electrons. The monoisotopic (exact) mass is 648 g/mol. The minimum absolute atomic E-state index is 0.161. The highest BCUT2D eigenvalue weighted by atomic mass is 32.2. The van der Waals surface area contributed by atoms with Gasteiger partial charge in [-0.15, -0.1) is 34.0 Å². The van der Waals surface area contributed by atoms with Crippen molar-refractivity contribution in [2.24, 2.45) is 0 Å². The fraction of sp³-hybridized carbons (Fsp3) is 0.100. The number of hydrogen-bond donors (Lipinski definition) is 1. The number of hydrogen-bond acceptors (Lipinski definition) is 6. The summed E-state index contributed by atoms with van der Waals surface area (Å²) < 4.78 is 5.76. The van der Waals surface area contributed by atoms with E-state index in [0.717, 1.165) is 53.9 Å². The van der Waals surface area contributed by atoms with Crippen molar-refractivity contribution in [1.29, 1.82) is 0 Å². The fourth-order valence-corrected chi connectivity index (χ4v) is 10.5. The van der Waals surface area contributed by atoms with Gasteiger partial charge < -0.3 is 5.11 Å². The molecule has 5 heterocycles. The van der Waals surface area contributed by atoms with Gasteiger partial charge >= 0.3 is 0 Å². The van der Waals surface area contributed by atoms with E-state index in [-0.39, 0.29) is 5.41 Å². The van der Waals surface area contributed by atoms with Gasteiger partial charge in [0.15, 0.2) is 0 Å². The summed E-state index contributed by atoms with van der Waals surface area (Å²) >= 11 is 5.26. The minimum Gasteiger partial charge on any atom is -0.506 e. The summed E-state index contributed by atoms with van der Waals surface area (Å²) in [6.07, 6.45) is 1.82. The zero-order chi connectivity index (χ0) is 31.2. The molecule has 4 aromatic carbocycles. The Labute approximate surface area is 278 Å². The van der Waals surface area contributed by atoms with Gasteiger partial charge in [0.05, 0.1) is 30.5 Å². The second-order valence-electron chi connectivity index (χ2n) is 12.8. The van der Waals surface area contributed by atoms with Crippen LogP contribution in [0.5, 0.6) is 5.75 Å². The average molecular weight is 649 g/mol. The number of phenols is 1. The highest BCUT2D eigenvalue weighted by molar-refractivity contribution is 7.44. The van der Waals surface area contributed by atoms with Gasteiger partial charge in [-0.2, -0.15) is 0 Å². The van der Waals surface area contributed by atoms with Crippen LogP contribution < -0.4 is 0 Å². The van der Waals surface area contributed by atoms with E-state index in [2.05, 4.69) is 111 Å². The number of thiophene rings is 3. The molecule has 0 atom stereocenters. The third kappa shape index (κ3) is 4.21. The van der Waals surface area contributed by atoms with E-state index in [0.29, 0.717) is 5.75 Å². The molecule has 0 aliphatic carbocycles. The first-order chi connectivity index (χ1) is 22.3. The topological polar surface area (TPSA) is 46.0 Å². The first-order valence-corrected chi connectivity index (χ1v) is 17.7. The third-order valence-electron chi connectivity index (χ3n) is 8.81. The zero-order valence-electron chi connectivity index (χ0n) is 25.5. The number of benzene rings is 4. The lowest BCUT2D eigenvalue weighted by Crippen LogP contribution is -2.12. The summed E-state index contributed by atoms with van der Waals surface area (Å²) in [6, 6.07) is 36.0. The van der Waals surface area contributed by atoms with Crippen LogP contribution >= 0.6 is 34.0 Å². The molecule has 0 radical (unpaired) electrons. The van der Waals surface area contributed by atoms with Crippen molar-refractivity contribution in [3.05, 3.63) is 115 Å². The van der Waals surface area contributed by atoms with Crippen molar-refractivity contribution in [2.75, 3.05) is 0 Å². The third-order valence-corrected chi connectivity index (χ3v) is 12.5. The van der Waals surface area contributed by atoms with Crippen LogP contribution in [0.15, 0.2) is 109 Å². The van der Waals surface area contributed by atoms with Crippen LogP contribution in [0, 0.1) is 0 Å². The van der Waals surface area contributed by atoms with Crippen molar-refractivity contribution in [3.8, 4) is 39.5 Å². The van der Waals surface area contributed by atoms with Crippen LogP contribution in [-0.4, -0.2) is 15.1 Å². The number of pyridine rings is 2. The average Bonchev–Trinajstić information content (AvgIpc) is 3.75. The lowest BCUT2D eigenvalue weighted by molar-refractivity contribution is 0.483. The number of aromatic hydroxyl groups is 1. The smallest absolute Gasteiger partial charge is 0.142 e. The van der Waals surface area contributed by atoms with Gasteiger partial charge in [-0.25, -0.2) is 4.98 Å². The van der Waals surface area contributed by atoms with Gasteiger partial charge in [0.1, 0.15) is 5.75 Å². The summed E-state index contributed by atoms with van der Waals surface area (Å²) in [5, 5.41) is 18.3. The van der Waals surface area contributed by atoms with Crippen LogP contribution in [-0.2, 0) is 5.41 Å². The standard InChI is InChI=1S/C40H28N2OS3/c1-40(2,3)28-20-27(36(43)38-34(28)33-25-14-5-7-17-32(25)45-39(33)46-38)35-37-26(24-13-4-6-16-31(24)44-37)21-30(42-35)23-12-10-11-22(19-23)29-15-8-9-18-41-29/h4-21,43H,1-3H3. The van der Waals surface area contributed by atoms with E-state index in [9.17, 15) is 5.11 Å². The van der Waals surface area contributed by atoms with Crippen molar-refractivity contribution < 1.29 is 5.11 Å². The molecular weight excluding hydrogens is 621 g/mol. The van der Waals surface area contributed by atoms with Crippen LogP contribution in [0.2, 0.25) is 0 Å². The molecule has 9 rings (SSSR count). The Hall–Kier alpha value is -4.62. The van der Waals surface area contributed by atoms with Crippen molar-refractivity contribution in [2.45, 2.75) is 26.2 Å². The van der Waals surface area contributed by atoms with Crippen LogP contribution in [0.1, 0.15) is 26.3 Å². The van der Waals surface area contributed by atoms with Gasteiger partial charge in [0, 0.05) is 59.2 Å². The molecule has 0 amide bonds. The molecule has 0 spiro atoms. The minimum atomic E-state index is -0.161. The van der Waals surface area contributed by atoms with Crippen molar-refractivity contribution in [1.82, 2.24) is 9.97 Å². The molecule has 9 aromatic rings. The zero-order valence-corrected chi connectivity index (χ0v) is 27.9. The van der Waals surface area contributed by atoms with Crippen molar-refractivity contribution in [3.63, 3.8) is 0 Å². The summed E-state index contributed by atoms with van der Waals surface area (Å²) in [7, 11) is 0. The molecule has 3 nitrogen and oxygen atoms in total. The van der Waals surface area contributed by atoms with E-state index >= 15 is 0 Å². The number of aromatic nitrogens is 2. The lowest BCUT2D eigenvalue weighted by atomic mass is 9.82. The Morgan fingerprint density at radius 2 is 1.33 bits per heavy atom. The maximum Gasteiger partial charge on any atom is 0.142 e. The second kappa shape index (κ2) is 10.2. The van der Waals surface area contributed by atoms with Gasteiger partial charge in [-0.05, 0) is 53.4 Å². The normalized spacial score (nSPS) is 12.3. The number of fused-ring (bicyclic) bond motifs is 8. The Balaban J connectivity index is 1.37. The fourth-order valence-electron chi connectivity index (χ4n) is 6.62. The predicted molar refractivity (Wildman–Crippen MR) is 200 cm³/mol. The molecule has 0 saturated heterocycles. The quantitative estimate of drug-likeness (QED) is 0.207. The first kappa shape index (κ1) is 27.7. The molecule has 1 N–H and O–H groups in total. The predicted octanol–water partition coefficient (Wildman–Crippen LogP) is 12.4. The van der Waals surface area contributed by atoms with Crippen LogP contribution in [0.4, 0.5) is 0 Å². The summed E-state index contributed by atoms with van der Waals surface area (Å²) in [4.78, 5) is 9.98. The number of nitrogens with zero attached hydrogens (tertiary/aromatic N) is 2. The Bertz CT molecular complexity index is 2640. The van der Waals surface area contributed by atoms with Gasteiger partial charge in [0.25, 0.3) is 0 Å². The van der Waals surface area contributed by atoms with E-state index in [1.165, 1.54) is 35.1 Å². The van der Waals surface area contributed by atoms with Crippen LogP contribution in [0.25, 0.3) is 83.5 Å². The molecule has 5 aromatic heterocycles. The van der Waals surface area contributed by atoms with E-state index in [4.69, 9.17) is 4.98 Å². The van der Waals surface area contributed by atoms with Crippen molar-refractivity contribution >= 4 is 83.8 Å². The molecule has 6 heteroatoms. The van der Waals surface area contributed by atoms with Gasteiger partial charge in [-0.3, -0.25) is 4.98 Å². The maximum absolute atomic E-state index is 12.2. The number of rotatable bonds is 3. The Morgan fingerprint density at radius 3 is 2.09 bits per heavy atom. The van der Waals surface area contributed by atoms with E-state index in [1.807, 2.05) is 35.7 Å². The SMILES string of the molecule is CC(C)(C)c1cc(-c2nc(-c3cccc(-c4ccccn4)c3)cc3c2sc2ccccc23)c(O)c2sc3sc4ccccc4c3c12. The molecule has 0 fully saturated rings. The van der Waals surface area contributed by atoms with Crippen LogP contribution in [0.3, 0.4) is 0 Å². The molecule has 0 aliphatic rings. The summed E-state index contributed by atoms with van der Waals surface area (Å²) in [5.41, 5.74) is 6.53. The molecule has 0 unspecified atom stereocenters. The Kier molecular flexibility index (Phi) is 6.13.